The molecule has 18 heavy (non-hydrogen) atoms. The molecule has 1 fully saturated rings. The Morgan fingerprint density at radius 3 is 2.72 bits per heavy atom. The molecule has 0 radical (unpaired) electrons. The lowest BCUT2D eigenvalue weighted by molar-refractivity contribution is 0.412. The lowest BCUT2D eigenvalue weighted by Gasteiger charge is -2.04. The van der Waals surface area contributed by atoms with Gasteiger partial charge in [-0.05, 0) is 44.4 Å². The maximum atomic E-state index is 5.42. The summed E-state index contributed by atoms with van der Waals surface area (Å²) in [4.78, 5) is 4.54. The highest BCUT2D eigenvalue weighted by Gasteiger charge is 2.22. The fourth-order valence-electron chi connectivity index (χ4n) is 2.53. The second kappa shape index (κ2) is 4.53. The molecule has 0 bridgehead atoms. The number of hydrogen-bond acceptors (Lipinski definition) is 4. The third-order valence-electron chi connectivity index (χ3n) is 3.51. The molecular weight excluding hydrogens is 226 g/mol. The van der Waals surface area contributed by atoms with Crippen molar-refractivity contribution in [1.29, 1.82) is 0 Å². The van der Waals surface area contributed by atoms with Crippen molar-refractivity contribution in [3.05, 3.63) is 35.2 Å². The summed E-state index contributed by atoms with van der Waals surface area (Å²) in [6.07, 6.45) is 2.27. The molecule has 4 heteroatoms. The van der Waals surface area contributed by atoms with Crippen LogP contribution in [-0.4, -0.2) is 16.7 Å². The van der Waals surface area contributed by atoms with Gasteiger partial charge in [0.15, 0.2) is 5.82 Å². The van der Waals surface area contributed by atoms with Gasteiger partial charge in [-0.3, -0.25) is 0 Å². The number of benzene rings is 1. The first-order chi connectivity index (χ1) is 8.75. The molecule has 0 spiro atoms. The highest BCUT2D eigenvalue weighted by atomic mass is 16.5. The van der Waals surface area contributed by atoms with Gasteiger partial charge in [0.1, 0.15) is 0 Å². The zero-order valence-electron chi connectivity index (χ0n) is 10.7. The zero-order chi connectivity index (χ0) is 12.5. The summed E-state index contributed by atoms with van der Waals surface area (Å²) in [7, 11) is 0. The Kier molecular flexibility index (Phi) is 2.88. The topological polar surface area (TPSA) is 51.0 Å². The molecule has 4 nitrogen and oxygen atoms in total. The van der Waals surface area contributed by atoms with E-state index in [2.05, 4.69) is 41.4 Å². The summed E-state index contributed by atoms with van der Waals surface area (Å²) in [6.45, 7) is 5.18. The Morgan fingerprint density at radius 1 is 1.28 bits per heavy atom. The number of aromatic nitrogens is 2. The van der Waals surface area contributed by atoms with Gasteiger partial charge in [-0.1, -0.05) is 23.4 Å². The minimum Gasteiger partial charge on any atom is -0.334 e. The Balaban J connectivity index is 1.97. The fraction of sp³-hybridized carbons (Fsp3) is 0.429. The van der Waals surface area contributed by atoms with Crippen LogP contribution < -0.4 is 5.32 Å². The van der Waals surface area contributed by atoms with Crippen LogP contribution in [0.25, 0.3) is 11.5 Å². The van der Waals surface area contributed by atoms with Gasteiger partial charge in [0, 0.05) is 5.56 Å². The summed E-state index contributed by atoms with van der Waals surface area (Å²) in [5, 5.41) is 7.49. The molecule has 1 aliphatic rings. The van der Waals surface area contributed by atoms with E-state index < -0.39 is 0 Å². The van der Waals surface area contributed by atoms with Crippen LogP contribution >= 0.6 is 0 Å². The van der Waals surface area contributed by atoms with E-state index in [0.29, 0.717) is 5.89 Å². The monoisotopic (exact) mass is 243 g/mol. The smallest absolute Gasteiger partial charge is 0.258 e. The van der Waals surface area contributed by atoms with Gasteiger partial charge in [0.2, 0.25) is 0 Å². The second-order valence-corrected chi connectivity index (χ2v) is 4.87. The number of nitrogens with one attached hydrogen (secondary N) is 1. The fourth-order valence-corrected chi connectivity index (χ4v) is 2.53. The van der Waals surface area contributed by atoms with E-state index in [-0.39, 0.29) is 6.04 Å². The maximum Gasteiger partial charge on any atom is 0.258 e. The minimum atomic E-state index is 0.256. The average Bonchev–Trinajstić information content (AvgIpc) is 2.99. The van der Waals surface area contributed by atoms with Crippen molar-refractivity contribution in [1.82, 2.24) is 15.5 Å². The largest absolute Gasteiger partial charge is 0.334 e. The molecular formula is C14H17N3O. The van der Waals surface area contributed by atoms with Crippen LogP contribution in [0.4, 0.5) is 0 Å². The van der Waals surface area contributed by atoms with E-state index in [0.717, 1.165) is 24.4 Å². The van der Waals surface area contributed by atoms with Gasteiger partial charge in [-0.2, -0.15) is 4.98 Å². The van der Waals surface area contributed by atoms with Crippen LogP contribution in [0.3, 0.4) is 0 Å². The van der Waals surface area contributed by atoms with E-state index >= 15 is 0 Å². The van der Waals surface area contributed by atoms with Crippen molar-refractivity contribution in [2.24, 2.45) is 0 Å². The Bertz CT molecular complexity index is 536. The van der Waals surface area contributed by atoms with Crippen LogP contribution in [0.5, 0.6) is 0 Å². The molecule has 1 atom stereocenters. The Hall–Kier alpha value is -1.68. The van der Waals surface area contributed by atoms with Gasteiger partial charge >= 0.3 is 0 Å². The molecule has 0 saturated carbocycles. The molecule has 1 unspecified atom stereocenters. The van der Waals surface area contributed by atoms with Gasteiger partial charge in [-0.15, -0.1) is 0 Å². The predicted octanol–water partition coefficient (Wildman–Crippen LogP) is 2.78. The summed E-state index contributed by atoms with van der Waals surface area (Å²) in [6, 6.07) is 6.44. The second-order valence-electron chi connectivity index (χ2n) is 4.87. The summed E-state index contributed by atoms with van der Waals surface area (Å²) < 4.78 is 5.42. The van der Waals surface area contributed by atoms with Gasteiger partial charge in [0.05, 0.1) is 6.04 Å². The number of aryl methyl sites for hydroxylation is 2. The van der Waals surface area contributed by atoms with Crippen molar-refractivity contribution >= 4 is 0 Å². The van der Waals surface area contributed by atoms with Crippen LogP contribution in [-0.2, 0) is 0 Å². The van der Waals surface area contributed by atoms with Crippen molar-refractivity contribution in [3.63, 3.8) is 0 Å². The summed E-state index contributed by atoms with van der Waals surface area (Å²) >= 11 is 0. The predicted molar refractivity (Wildman–Crippen MR) is 69.2 cm³/mol. The van der Waals surface area contributed by atoms with E-state index in [9.17, 15) is 0 Å². The molecule has 1 aromatic carbocycles. The lowest BCUT2D eigenvalue weighted by Crippen LogP contribution is -2.14. The maximum absolute atomic E-state index is 5.42. The molecule has 2 heterocycles. The SMILES string of the molecule is Cc1cccc(C)c1-c1nc(C2CCCN2)no1. The Morgan fingerprint density at radius 2 is 2.06 bits per heavy atom. The van der Waals surface area contributed by atoms with Crippen LogP contribution in [0.15, 0.2) is 22.7 Å². The average molecular weight is 243 g/mol. The molecule has 1 saturated heterocycles. The van der Waals surface area contributed by atoms with Crippen LogP contribution in [0.1, 0.15) is 35.8 Å². The van der Waals surface area contributed by atoms with Crippen molar-refractivity contribution in [2.45, 2.75) is 32.7 Å². The molecule has 1 N–H and O–H groups in total. The minimum absolute atomic E-state index is 0.256. The van der Waals surface area contributed by atoms with E-state index in [4.69, 9.17) is 4.52 Å². The Labute approximate surface area is 106 Å². The quantitative estimate of drug-likeness (QED) is 0.881. The number of hydrogen-bond donors (Lipinski definition) is 1. The number of rotatable bonds is 2. The molecule has 1 aliphatic heterocycles. The number of nitrogens with zero attached hydrogens (tertiary/aromatic N) is 2. The standard InChI is InChI=1S/C14H17N3O/c1-9-5-3-6-10(2)12(9)14-16-13(17-18-14)11-7-4-8-15-11/h3,5-6,11,15H,4,7-8H2,1-2H3. The third-order valence-corrected chi connectivity index (χ3v) is 3.51. The highest BCUT2D eigenvalue weighted by molar-refractivity contribution is 5.62. The van der Waals surface area contributed by atoms with Crippen molar-refractivity contribution in [3.8, 4) is 11.5 Å². The molecule has 94 valence electrons. The van der Waals surface area contributed by atoms with Crippen LogP contribution in [0, 0.1) is 13.8 Å². The van der Waals surface area contributed by atoms with Crippen LogP contribution in [0.2, 0.25) is 0 Å². The van der Waals surface area contributed by atoms with E-state index in [1.54, 1.807) is 0 Å². The molecule has 0 amide bonds. The van der Waals surface area contributed by atoms with E-state index in [1.165, 1.54) is 17.5 Å². The molecule has 1 aromatic heterocycles. The highest BCUT2D eigenvalue weighted by Crippen LogP contribution is 2.28. The first-order valence-corrected chi connectivity index (χ1v) is 6.39. The first-order valence-electron chi connectivity index (χ1n) is 6.39. The van der Waals surface area contributed by atoms with Gasteiger partial charge in [0.25, 0.3) is 5.89 Å². The molecule has 3 rings (SSSR count). The molecule has 0 aliphatic carbocycles. The van der Waals surface area contributed by atoms with Gasteiger partial charge < -0.3 is 9.84 Å². The van der Waals surface area contributed by atoms with Crippen molar-refractivity contribution < 1.29 is 4.52 Å². The first kappa shape index (κ1) is 11.4. The van der Waals surface area contributed by atoms with Gasteiger partial charge in [-0.25, -0.2) is 0 Å². The zero-order valence-corrected chi connectivity index (χ0v) is 10.7. The third kappa shape index (κ3) is 1.93. The summed E-state index contributed by atoms with van der Waals surface area (Å²) in [5.74, 6) is 1.42. The normalized spacial score (nSPS) is 19.3. The van der Waals surface area contributed by atoms with Crippen molar-refractivity contribution in [2.75, 3.05) is 6.54 Å². The summed E-state index contributed by atoms with van der Waals surface area (Å²) in [5.41, 5.74) is 3.41. The lowest BCUT2D eigenvalue weighted by atomic mass is 10.0. The molecule has 2 aromatic rings. The van der Waals surface area contributed by atoms with E-state index in [1.807, 2.05) is 6.07 Å².